The summed E-state index contributed by atoms with van der Waals surface area (Å²) < 4.78 is 0. The molecule has 0 bridgehead atoms. The molecule has 0 amide bonds. The second-order valence-electron chi connectivity index (χ2n) is 3.47. The molecule has 0 saturated heterocycles. The van der Waals surface area contributed by atoms with Gasteiger partial charge in [-0.05, 0) is 18.9 Å². The van der Waals surface area contributed by atoms with Crippen LogP contribution in [0.15, 0.2) is 0 Å². The quantitative estimate of drug-likeness (QED) is 0.459. The molecule has 0 aromatic rings. The van der Waals surface area contributed by atoms with Crippen LogP contribution in [-0.2, 0) is 0 Å². The highest BCUT2D eigenvalue weighted by molar-refractivity contribution is 4.53. The fourth-order valence-corrected chi connectivity index (χ4v) is 0.920. The molecule has 0 aromatic heterocycles. The predicted octanol–water partition coefficient (Wildman–Crippen LogP) is 0.170. The first-order valence-corrected chi connectivity index (χ1v) is 4.89. The van der Waals surface area contributed by atoms with Gasteiger partial charge in [-0.15, -0.1) is 0 Å². The smallest absolute Gasteiger partial charge is 0.00772 e. The minimum Gasteiger partial charge on any atom is -0.329 e. The molecule has 0 aliphatic heterocycles. The largest absolute Gasteiger partial charge is 0.329 e. The molecule has 0 aromatic carbocycles. The van der Waals surface area contributed by atoms with Gasteiger partial charge >= 0.3 is 0 Å². The molecule has 0 atom stereocenters. The molecule has 0 fully saturated rings. The maximum absolute atomic E-state index is 5.33. The average molecular weight is 173 g/mol. The van der Waals surface area contributed by atoms with Crippen molar-refractivity contribution in [2.24, 2.45) is 11.7 Å². The van der Waals surface area contributed by atoms with Gasteiger partial charge in [-0.2, -0.15) is 0 Å². The third-order valence-corrected chi connectivity index (χ3v) is 1.70. The predicted molar refractivity (Wildman–Crippen MR) is 54.2 cm³/mol. The second kappa shape index (κ2) is 8.97. The van der Waals surface area contributed by atoms with Crippen molar-refractivity contribution in [1.82, 2.24) is 10.6 Å². The van der Waals surface area contributed by atoms with Crippen LogP contribution in [-0.4, -0.2) is 32.7 Å². The van der Waals surface area contributed by atoms with Gasteiger partial charge in [0.25, 0.3) is 0 Å². The Labute approximate surface area is 76.1 Å². The lowest BCUT2D eigenvalue weighted by Gasteiger charge is -2.07. The van der Waals surface area contributed by atoms with E-state index in [4.69, 9.17) is 5.73 Å². The Morgan fingerprint density at radius 1 is 1.00 bits per heavy atom. The van der Waals surface area contributed by atoms with Crippen LogP contribution >= 0.6 is 0 Å². The molecule has 0 unspecified atom stereocenters. The maximum atomic E-state index is 5.33. The number of nitrogens with two attached hydrogens (primary N) is 1. The van der Waals surface area contributed by atoms with Crippen molar-refractivity contribution < 1.29 is 0 Å². The highest BCUT2D eigenvalue weighted by atomic mass is 14.9. The van der Waals surface area contributed by atoms with E-state index in [9.17, 15) is 0 Å². The third kappa shape index (κ3) is 9.88. The number of hydrogen-bond acceptors (Lipinski definition) is 3. The topological polar surface area (TPSA) is 50.1 Å². The lowest BCUT2D eigenvalue weighted by molar-refractivity contribution is 0.528. The van der Waals surface area contributed by atoms with Crippen LogP contribution in [0.3, 0.4) is 0 Å². The van der Waals surface area contributed by atoms with E-state index in [1.807, 2.05) is 0 Å². The zero-order chi connectivity index (χ0) is 9.23. The first-order chi connectivity index (χ1) is 5.77. The lowest BCUT2D eigenvalue weighted by Crippen LogP contribution is -2.31. The van der Waals surface area contributed by atoms with Crippen molar-refractivity contribution in [2.75, 3.05) is 32.7 Å². The van der Waals surface area contributed by atoms with Gasteiger partial charge in [0, 0.05) is 26.2 Å². The molecule has 3 heteroatoms. The maximum Gasteiger partial charge on any atom is 0.00772 e. The fourth-order valence-electron chi connectivity index (χ4n) is 0.920. The summed E-state index contributed by atoms with van der Waals surface area (Å²) in [4.78, 5) is 0. The van der Waals surface area contributed by atoms with Gasteiger partial charge in [-0.3, -0.25) is 0 Å². The van der Waals surface area contributed by atoms with E-state index >= 15 is 0 Å². The molecule has 0 saturated carbocycles. The van der Waals surface area contributed by atoms with Crippen LogP contribution in [0.2, 0.25) is 0 Å². The zero-order valence-electron chi connectivity index (χ0n) is 8.40. The summed E-state index contributed by atoms with van der Waals surface area (Å²) in [6.07, 6.45) is 1.26. The van der Waals surface area contributed by atoms with Crippen LogP contribution in [0.5, 0.6) is 0 Å². The number of nitrogens with one attached hydrogen (secondary N) is 2. The molecule has 0 heterocycles. The molecule has 0 radical (unpaired) electrons. The van der Waals surface area contributed by atoms with Crippen LogP contribution in [0, 0.1) is 5.92 Å². The van der Waals surface area contributed by atoms with Gasteiger partial charge in [0.15, 0.2) is 0 Å². The van der Waals surface area contributed by atoms with E-state index in [1.54, 1.807) is 0 Å². The van der Waals surface area contributed by atoms with Gasteiger partial charge in [-0.25, -0.2) is 0 Å². The minimum atomic E-state index is 0.728. The first kappa shape index (κ1) is 11.9. The van der Waals surface area contributed by atoms with Gasteiger partial charge < -0.3 is 16.4 Å². The number of hydrogen-bond donors (Lipinski definition) is 3. The molecular formula is C9H23N3. The first-order valence-electron chi connectivity index (χ1n) is 4.89. The minimum absolute atomic E-state index is 0.728. The summed E-state index contributed by atoms with van der Waals surface area (Å²) in [5, 5.41) is 6.61. The van der Waals surface area contributed by atoms with Gasteiger partial charge in [0.1, 0.15) is 0 Å². The standard InChI is InChI=1S/C9H23N3/c1-9(2)3-5-11-7-8-12-6-4-10/h9,11-12H,3-8,10H2,1-2H3. The summed E-state index contributed by atoms with van der Waals surface area (Å²) in [7, 11) is 0. The Hall–Kier alpha value is -0.120. The summed E-state index contributed by atoms with van der Waals surface area (Å²) in [5.41, 5.74) is 5.33. The van der Waals surface area contributed by atoms with E-state index < -0.39 is 0 Å². The van der Waals surface area contributed by atoms with Gasteiger partial charge in [-0.1, -0.05) is 13.8 Å². The highest BCUT2D eigenvalue weighted by Crippen LogP contribution is 1.95. The molecule has 4 N–H and O–H groups in total. The third-order valence-electron chi connectivity index (χ3n) is 1.70. The van der Waals surface area contributed by atoms with Crippen LogP contribution < -0.4 is 16.4 Å². The molecule has 12 heavy (non-hydrogen) atoms. The van der Waals surface area contributed by atoms with E-state index in [0.29, 0.717) is 0 Å². The molecule has 3 nitrogen and oxygen atoms in total. The Bertz CT molecular complexity index is 83.8. The van der Waals surface area contributed by atoms with Crippen molar-refractivity contribution in [3.63, 3.8) is 0 Å². The number of rotatable bonds is 8. The second-order valence-corrected chi connectivity index (χ2v) is 3.47. The monoisotopic (exact) mass is 173 g/mol. The molecule has 0 aliphatic rings. The summed E-state index contributed by atoms with van der Waals surface area (Å²) >= 11 is 0. The Kier molecular flexibility index (Phi) is 8.88. The van der Waals surface area contributed by atoms with Crippen molar-refractivity contribution in [2.45, 2.75) is 20.3 Å². The highest BCUT2D eigenvalue weighted by Gasteiger charge is 1.92. The zero-order valence-corrected chi connectivity index (χ0v) is 8.40. The van der Waals surface area contributed by atoms with E-state index in [2.05, 4.69) is 24.5 Å². The van der Waals surface area contributed by atoms with E-state index in [-0.39, 0.29) is 0 Å². The summed E-state index contributed by atoms with van der Waals surface area (Å²) in [6, 6.07) is 0. The molecular weight excluding hydrogens is 150 g/mol. The van der Waals surface area contributed by atoms with Crippen molar-refractivity contribution in [1.29, 1.82) is 0 Å². The molecule has 0 aliphatic carbocycles. The van der Waals surface area contributed by atoms with Crippen molar-refractivity contribution in [3.05, 3.63) is 0 Å². The van der Waals surface area contributed by atoms with Crippen LogP contribution in [0.1, 0.15) is 20.3 Å². The van der Waals surface area contributed by atoms with Crippen LogP contribution in [0.25, 0.3) is 0 Å². The average Bonchev–Trinajstić information content (AvgIpc) is 2.02. The van der Waals surface area contributed by atoms with Crippen LogP contribution in [0.4, 0.5) is 0 Å². The normalized spacial score (nSPS) is 11.0. The summed E-state index contributed by atoms with van der Waals surface area (Å²) in [5.74, 6) is 0.800. The molecule has 0 rings (SSSR count). The summed E-state index contributed by atoms with van der Waals surface area (Å²) in [6.45, 7) is 9.34. The SMILES string of the molecule is CC(C)CCNCCNCCN. The Balaban J connectivity index is 2.82. The van der Waals surface area contributed by atoms with Gasteiger partial charge in [0.2, 0.25) is 0 Å². The van der Waals surface area contributed by atoms with Crippen molar-refractivity contribution in [3.8, 4) is 0 Å². The Morgan fingerprint density at radius 2 is 1.58 bits per heavy atom. The molecule has 74 valence electrons. The molecule has 0 spiro atoms. The van der Waals surface area contributed by atoms with Gasteiger partial charge in [0.05, 0.1) is 0 Å². The van der Waals surface area contributed by atoms with E-state index in [1.165, 1.54) is 6.42 Å². The lowest BCUT2D eigenvalue weighted by atomic mass is 10.1. The van der Waals surface area contributed by atoms with Crippen molar-refractivity contribution >= 4 is 0 Å². The fraction of sp³-hybridized carbons (Fsp3) is 1.00. The Morgan fingerprint density at radius 3 is 2.08 bits per heavy atom. The van der Waals surface area contributed by atoms with E-state index in [0.717, 1.165) is 38.6 Å².